The molecule has 1 heterocycles. The van der Waals surface area contributed by atoms with Crippen LogP contribution < -0.4 is 0 Å². The molecule has 1 rings (SSSR count). The van der Waals surface area contributed by atoms with Crippen molar-refractivity contribution in [2.75, 3.05) is 19.6 Å². The third-order valence-electron chi connectivity index (χ3n) is 3.12. The lowest BCUT2D eigenvalue weighted by Gasteiger charge is -2.19. The Morgan fingerprint density at radius 2 is 2.07 bits per heavy atom. The van der Waals surface area contributed by atoms with Gasteiger partial charge in [0.05, 0.1) is 0 Å². The molecule has 3 heteroatoms. The number of rotatable bonds is 6. The molecule has 1 aliphatic rings. The first-order valence-corrected chi connectivity index (χ1v) is 5.94. The largest absolute Gasteiger partial charge is 0.481 e. The molecule has 0 spiro atoms. The van der Waals surface area contributed by atoms with E-state index in [9.17, 15) is 4.79 Å². The van der Waals surface area contributed by atoms with Gasteiger partial charge in [-0.25, -0.2) is 0 Å². The Morgan fingerprint density at radius 3 is 2.60 bits per heavy atom. The van der Waals surface area contributed by atoms with Gasteiger partial charge in [0.1, 0.15) is 0 Å². The van der Waals surface area contributed by atoms with Gasteiger partial charge in [-0.3, -0.25) is 4.79 Å². The molecule has 0 unspecified atom stereocenters. The SMILES string of the molecule is CC1(C)CCN(CCCCCC(=O)O)C1. The number of unbranched alkanes of at least 4 members (excludes halogenated alkanes) is 2. The highest BCUT2D eigenvalue weighted by Gasteiger charge is 2.28. The van der Waals surface area contributed by atoms with Crippen molar-refractivity contribution in [2.45, 2.75) is 46.0 Å². The van der Waals surface area contributed by atoms with Gasteiger partial charge in [-0.1, -0.05) is 20.3 Å². The third-order valence-corrected chi connectivity index (χ3v) is 3.12. The first-order chi connectivity index (χ1) is 6.99. The summed E-state index contributed by atoms with van der Waals surface area (Å²) >= 11 is 0. The summed E-state index contributed by atoms with van der Waals surface area (Å²) < 4.78 is 0. The molecule has 88 valence electrons. The summed E-state index contributed by atoms with van der Waals surface area (Å²) in [6.07, 6.45) is 4.63. The highest BCUT2D eigenvalue weighted by atomic mass is 16.4. The molecule has 0 atom stereocenters. The van der Waals surface area contributed by atoms with Crippen LogP contribution in [0, 0.1) is 5.41 Å². The zero-order chi connectivity index (χ0) is 11.3. The predicted molar refractivity (Wildman–Crippen MR) is 60.9 cm³/mol. The maximum Gasteiger partial charge on any atom is 0.303 e. The van der Waals surface area contributed by atoms with Crippen LogP contribution in [0.1, 0.15) is 46.0 Å². The van der Waals surface area contributed by atoms with Gasteiger partial charge >= 0.3 is 5.97 Å². The molecule has 15 heavy (non-hydrogen) atoms. The number of hydrogen-bond acceptors (Lipinski definition) is 2. The summed E-state index contributed by atoms with van der Waals surface area (Å²) in [6.45, 7) is 8.19. The molecule has 0 aliphatic carbocycles. The number of carboxylic acids is 1. The highest BCUT2D eigenvalue weighted by molar-refractivity contribution is 5.66. The van der Waals surface area contributed by atoms with E-state index in [4.69, 9.17) is 5.11 Å². The number of likely N-dealkylation sites (tertiary alicyclic amines) is 1. The van der Waals surface area contributed by atoms with Gasteiger partial charge < -0.3 is 10.0 Å². The van der Waals surface area contributed by atoms with Crippen LogP contribution in [0.25, 0.3) is 0 Å². The van der Waals surface area contributed by atoms with Crippen molar-refractivity contribution in [2.24, 2.45) is 5.41 Å². The molecule has 0 aromatic rings. The van der Waals surface area contributed by atoms with Crippen LogP contribution in [0.5, 0.6) is 0 Å². The second-order valence-electron chi connectivity index (χ2n) is 5.39. The fourth-order valence-electron chi connectivity index (χ4n) is 2.20. The molecular weight excluding hydrogens is 190 g/mol. The van der Waals surface area contributed by atoms with Gasteiger partial charge in [0.2, 0.25) is 0 Å². The molecule has 1 N–H and O–H groups in total. The lowest BCUT2D eigenvalue weighted by molar-refractivity contribution is -0.137. The summed E-state index contributed by atoms with van der Waals surface area (Å²) in [7, 11) is 0. The Kier molecular flexibility index (Phi) is 4.58. The van der Waals surface area contributed by atoms with Crippen molar-refractivity contribution in [3.63, 3.8) is 0 Å². The quantitative estimate of drug-likeness (QED) is 0.689. The van der Waals surface area contributed by atoms with E-state index in [-0.39, 0.29) is 0 Å². The fourth-order valence-corrected chi connectivity index (χ4v) is 2.20. The second kappa shape index (κ2) is 5.50. The maximum atomic E-state index is 10.3. The molecule has 0 saturated carbocycles. The molecular formula is C12H23NO2. The third kappa shape index (κ3) is 5.17. The van der Waals surface area contributed by atoms with E-state index in [1.54, 1.807) is 0 Å². The van der Waals surface area contributed by atoms with E-state index in [0.717, 1.165) is 25.8 Å². The van der Waals surface area contributed by atoms with Gasteiger partial charge in [-0.2, -0.15) is 0 Å². The Bertz CT molecular complexity index is 214. The first kappa shape index (κ1) is 12.5. The van der Waals surface area contributed by atoms with E-state index >= 15 is 0 Å². The highest BCUT2D eigenvalue weighted by Crippen LogP contribution is 2.28. The average molecular weight is 213 g/mol. The lowest BCUT2D eigenvalue weighted by atomic mass is 9.93. The van der Waals surface area contributed by atoms with Crippen LogP contribution >= 0.6 is 0 Å². The standard InChI is InChI=1S/C12H23NO2/c1-12(2)7-9-13(10-12)8-5-3-4-6-11(14)15/h3-10H2,1-2H3,(H,14,15). The van der Waals surface area contributed by atoms with E-state index in [1.165, 1.54) is 19.5 Å². The van der Waals surface area contributed by atoms with Crippen molar-refractivity contribution in [3.8, 4) is 0 Å². The average Bonchev–Trinajstić information content (AvgIpc) is 2.44. The molecule has 0 bridgehead atoms. The van der Waals surface area contributed by atoms with Gasteiger partial charge in [0.25, 0.3) is 0 Å². The lowest BCUT2D eigenvalue weighted by Crippen LogP contribution is -2.24. The van der Waals surface area contributed by atoms with E-state index in [1.807, 2.05) is 0 Å². The summed E-state index contributed by atoms with van der Waals surface area (Å²) in [4.78, 5) is 12.8. The molecule has 1 aliphatic heterocycles. The summed E-state index contributed by atoms with van der Waals surface area (Å²) in [5.74, 6) is -0.669. The monoisotopic (exact) mass is 213 g/mol. The Morgan fingerprint density at radius 1 is 1.33 bits per heavy atom. The summed E-state index contributed by atoms with van der Waals surface area (Å²) in [5, 5.41) is 8.48. The van der Waals surface area contributed by atoms with Crippen LogP contribution in [0.4, 0.5) is 0 Å². The van der Waals surface area contributed by atoms with Crippen molar-refractivity contribution < 1.29 is 9.90 Å². The summed E-state index contributed by atoms with van der Waals surface area (Å²) in [5.41, 5.74) is 0.487. The zero-order valence-corrected chi connectivity index (χ0v) is 9.96. The topological polar surface area (TPSA) is 40.5 Å². The number of nitrogens with zero attached hydrogens (tertiary/aromatic N) is 1. The van der Waals surface area contributed by atoms with Crippen LogP contribution in [-0.4, -0.2) is 35.6 Å². The Hall–Kier alpha value is -0.570. The number of hydrogen-bond donors (Lipinski definition) is 1. The number of carbonyl (C=O) groups is 1. The molecule has 0 amide bonds. The molecule has 0 aromatic carbocycles. The molecule has 0 aromatic heterocycles. The van der Waals surface area contributed by atoms with Gasteiger partial charge in [-0.15, -0.1) is 0 Å². The number of carboxylic acid groups (broad SMARTS) is 1. The normalized spacial score (nSPS) is 20.7. The van der Waals surface area contributed by atoms with E-state index in [0.29, 0.717) is 11.8 Å². The van der Waals surface area contributed by atoms with Crippen molar-refractivity contribution in [1.82, 2.24) is 4.90 Å². The van der Waals surface area contributed by atoms with Gasteiger partial charge in [0.15, 0.2) is 0 Å². The van der Waals surface area contributed by atoms with E-state index < -0.39 is 5.97 Å². The summed E-state index contributed by atoms with van der Waals surface area (Å²) in [6, 6.07) is 0. The van der Waals surface area contributed by atoms with Crippen molar-refractivity contribution >= 4 is 5.97 Å². The zero-order valence-electron chi connectivity index (χ0n) is 9.96. The van der Waals surface area contributed by atoms with Gasteiger partial charge in [-0.05, 0) is 37.8 Å². The fraction of sp³-hybridized carbons (Fsp3) is 0.917. The van der Waals surface area contributed by atoms with Crippen LogP contribution in [0.15, 0.2) is 0 Å². The smallest absolute Gasteiger partial charge is 0.303 e. The van der Waals surface area contributed by atoms with E-state index in [2.05, 4.69) is 18.7 Å². The maximum absolute atomic E-state index is 10.3. The van der Waals surface area contributed by atoms with Crippen LogP contribution in [0.2, 0.25) is 0 Å². The van der Waals surface area contributed by atoms with Gasteiger partial charge in [0, 0.05) is 13.0 Å². The van der Waals surface area contributed by atoms with Crippen molar-refractivity contribution in [1.29, 1.82) is 0 Å². The first-order valence-electron chi connectivity index (χ1n) is 5.94. The second-order valence-corrected chi connectivity index (χ2v) is 5.39. The minimum atomic E-state index is -0.669. The predicted octanol–water partition coefficient (Wildman–Crippen LogP) is 2.36. The minimum Gasteiger partial charge on any atom is -0.481 e. The van der Waals surface area contributed by atoms with Crippen molar-refractivity contribution in [3.05, 3.63) is 0 Å². The van der Waals surface area contributed by atoms with Crippen LogP contribution in [-0.2, 0) is 4.79 Å². The Labute approximate surface area is 92.5 Å². The molecule has 1 saturated heterocycles. The van der Waals surface area contributed by atoms with Crippen LogP contribution in [0.3, 0.4) is 0 Å². The number of aliphatic carboxylic acids is 1. The minimum absolute atomic E-state index is 0.325. The molecule has 0 radical (unpaired) electrons. The molecule has 1 fully saturated rings. The Balaban J connectivity index is 1.99. The molecule has 3 nitrogen and oxygen atoms in total.